The summed E-state index contributed by atoms with van der Waals surface area (Å²) in [6.45, 7) is 8.66. The lowest BCUT2D eigenvalue weighted by atomic mass is 10.2. The smallest absolute Gasteiger partial charge is 0.221 e. The van der Waals surface area contributed by atoms with Crippen molar-refractivity contribution in [3.63, 3.8) is 0 Å². The largest absolute Gasteiger partial charge is 0.490 e. The van der Waals surface area contributed by atoms with E-state index in [1.165, 1.54) is 0 Å². The maximum atomic E-state index is 11.7. The van der Waals surface area contributed by atoms with E-state index in [0.29, 0.717) is 13.0 Å². The summed E-state index contributed by atoms with van der Waals surface area (Å²) in [4.78, 5) is 11.7. The van der Waals surface area contributed by atoms with Crippen LogP contribution in [0.1, 0.15) is 34.1 Å². The SMILES string of the molecule is CC(C)NC(=O)CCn1ccc2c(OC(C)C)cccc21. The number of benzene rings is 1. The molecule has 4 nitrogen and oxygen atoms in total. The van der Waals surface area contributed by atoms with E-state index in [1.807, 2.05) is 52.1 Å². The summed E-state index contributed by atoms with van der Waals surface area (Å²) < 4.78 is 7.93. The van der Waals surface area contributed by atoms with E-state index in [2.05, 4.69) is 16.0 Å². The number of hydrogen-bond donors (Lipinski definition) is 1. The minimum absolute atomic E-state index is 0.0847. The van der Waals surface area contributed by atoms with Gasteiger partial charge in [-0.25, -0.2) is 0 Å². The summed E-state index contributed by atoms with van der Waals surface area (Å²) in [7, 11) is 0. The molecule has 1 heterocycles. The first-order valence-electron chi connectivity index (χ1n) is 7.51. The molecule has 0 saturated heterocycles. The molecule has 2 aromatic rings. The molecule has 1 aromatic carbocycles. The molecule has 1 N–H and O–H groups in total. The molecule has 0 radical (unpaired) electrons. The van der Waals surface area contributed by atoms with Gasteiger partial charge in [0.2, 0.25) is 5.91 Å². The first-order valence-corrected chi connectivity index (χ1v) is 7.51. The van der Waals surface area contributed by atoms with Crippen molar-refractivity contribution < 1.29 is 9.53 Å². The molecule has 0 aliphatic heterocycles. The topological polar surface area (TPSA) is 43.3 Å². The molecule has 0 atom stereocenters. The highest BCUT2D eigenvalue weighted by atomic mass is 16.5. The van der Waals surface area contributed by atoms with Crippen LogP contribution in [0.5, 0.6) is 5.75 Å². The molecule has 0 aliphatic rings. The van der Waals surface area contributed by atoms with Crippen molar-refractivity contribution in [1.29, 1.82) is 0 Å². The van der Waals surface area contributed by atoms with Gasteiger partial charge in [-0.05, 0) is 45.9 Å². The van der Waals surface area contributed by atoms with Crippen LogP contribution in [0.25, 0.3) is 10.9 Å². The zero-order valence-electron chi connectivity index (χ0n) is 13.2. The van der Waals surface area contributed by atoms with Crippen LogP contribution in [0.15, 0.2) is 30.5 Å². The summed E-state index contributed by atoms with van der Waals surface area (Å²) in [5.41, 5.74) is 1.10. The number of fused-ring (bicyclic) bond motifs is 1. The van der Waals surface area contributed by atoms with E-state index in [4.69, 9.17) is 4.74 Å². The van der Waals surface area contributed by atoms with Gasteiger partial charge in [-0.2, -0.15) is 0 Å². The number of nitrogens with one attached hydrogen (secondary N) is 1. The number of carbonyl (C=O) groups is 1. The lowest BCUT2D eigenvalue weighted by Gasteiger charge is -2.12. The highest BCUT2D eigenvalue weighted by Gasteiger charge is 2.09. The van der Waals surface area contributed by atoms with Crippen molar-refractivity contribution in [2.45, 2.75) is 52.8 Å². The number of aryl methyl sites for hydroxylation is 1. The Morgan fingerprint density at radius 3 is 2.67 bits per heavy atom. The number of hydrogen-bond acceptors (Lipinski definition) is 2. The number of ether oxygens (including phenoxy) is 1. The summed E-state index contributed by atoms with van der Waals surface area (Å²) in [6.07, 6.45) is 2.65. The number of nitrogens with zero attached hydrogens (tertiary/aromatic N) is 1. The van der Waals surface area contributed by atoms with Crippen molar-refractivity contribution in [2.24, 2.45) is 0 Å². The number of carbonyl (C=O) groups excluding carboxylic acids is 1. The maximum absolute atomic E-state index is 11.7. The minimum Gasteiger partial charge on any atom is -0.490 e. The Morgan fingerprint density at radius 1 is 1.24 bits per heavy atom. The fourth-order valence-electron chi connectivity index (χ4n) is 2.36. The molecular weight excluding hydrogens is 264 g/mol. The van der Waals surface area contributed by atoms with Crippen LogP contribution in [-0.2, 0) is 11.3 Å². The summed E-state index contributed by atoms with van der Waals surface area (Å²) in [5, 5.41) is 4.01. The Bertz CT molecular complexity index is 614. The first kappa shape index (κ1) is 15.4. The molecule has 0 unspecified atom stereocenters. The monoisotopic (exact) mass is 288 g/mol. The molecule has 0 fully saturated rings. The van der Waals surface area contributed by atoms with Crippen molar-refractivity contribution in [3.8, 4) is 5.75 Å². The Balaban J connectivity index is 2.13. The molecular formula is C17H24N2O2. The van der Waals surface area contributed by atoms with Gasteiger partial charge < -0.3 is 14.6 Å². The van der Waals surface area contributed by atoms with Crippen LogP contribution in [0, 0.1) is 0 Å². The number of aromatic nitrogens is 1. The first-order chi connectivity index (χ1) is 9.97. The molecule has 21 heavy (non-hydrogen) atoms. The average molecular weight is 288 g/mol. The summed E-state index contributed by atoms with van der Waals surface area (Å²) >= 11 is 0. The normalized spacial score (nSPS) is 11.3. The summed E-state index contributed by atoms with van der Waals surface area (Å²) in [5.74, 6) is 0.981. The molecule has 114 valence electrons. The maximum Gasteiger partial charge on any atom is 0.221 e. The Hall–Kier alpha value is -1.97. The lowest BCUT2D eigenvalue weighted by molar-refractivity contribution is -0.121. The van der Waals surface area contributed by atoms with Crippen molar-refractivity contribution in [1.82, 2.24) is 9.88 Å². The molecule has 1 aromatic heterocycles. The summed E-state index contributed by atoms with van der Waals surface area (Å²) in [6, 6.07) is 8.27. The van der Waals surface area contributed by atoms with Gasteiger partial charge in [0.1, 0.15) is 5.75 Å². The fraction of sp³-hybridized carbons (Fsp3) is 0.471. The van der Waals surface area contributed by atoms with Crippen LogP contribution >= 0.6 is 0 Å². The lowest BCUT2D eigenvalue weighted by Crippen LogP contribution is -2.30. The van der Waals surface area contributed by atoms with Gasteiger partial charge >= 0.3 is 0 Å². The highest BCUT2D eigenvalue weighted by Crippen LogP contribution is 2.27. The minimum atomic E-state index is 0.0847. The van der Waals surface area contributed by atoms with Gasteiger partial charge in [0.15, 0.2) is 0 Å². The van der Waals surface area contributed by atoms with Gasteiger partial charge in [0.25, 0.3) is 0 Å². The molecule has 0 spiro atoms. The van der Waals surface area contributed by atoms with E-state index in [0.717, 1.165) is 16.7 Å². The van der Waals surface area contributed by atoms with E-state index < -0.39 is 0 Å². The average Bonchev–Trinajstić information content (AvgIpc) is 2.79. The molecule has 4 heteroatoms. The van der Waals surface area contributed by atoms with Crippen LogP contribution in [0.2, 0.25) is 0 Å². The number of rotatable bonds is 6. The second kappa shape index (κ2) is 6.66. The Labute approximate surface area is 126 Å². The van der Waals surface area contributed by atoms with Crippen LogP contribution < -0.4 is 10.1 Å². The molecule has 0 aliphatic carbocycles. The van der Waals surface area contributed by atoms with Crippen molar-refractivity contribution in [3.05, 3.63) is 30.5 Å². The third-order valence-corrected chi connectivity index (χ3v) is 3.17. The van der Waals surface area contributed by atoms with Gasteiger partial charge in [-0.15, -0.1) is 0 Å². The van der Waals surface area contributed by atoms with E-state index in [1.54, 1.807) is 0 Å². The van der Waals surface area contributed by atoms with Gasteiger partial charge in [0.05, 0.1) is 11.6 Å². The van der Waals surface area contributed by atoms with E-state index in [-0.39, 0.29) is 18.1 Å². The van der Waals surface area contributed by atoms with Crippen molar-refractivity contribution in [2.75, 3.05) is 0 Å². The van der Waals surface area contributed by atoms with E-state index in [9.17, 15) is 4.79 Å². The van der Waals surface area contributed by atoms with Gasteiger partial charge in [-0.3, -0.25) is 4.79 Å². The van der Waals surface area contributed by atoms with Crippen LogP contribution in [-0.4, -0.2) is 22.6 Å². The fourth-order valence-corrected chi connectivity index (χ4v) is 2.36. The van der Waals surface area contributed by atoms with Gasteiger partial charge in [0, 0.05) is 30.6 Å². The Kier molecular flexibility index (Phi) is 4.89. The second-order valence-corrected chi connectivity index (χ2v) is 5.84. The third kappa shape index (κ3) is 4.00. The predicted molar refractivity (Wildman–Crippen MR) is 85.6 cm³/mol. The van der Waals surface area contributed by atoms with Crippen LogP contribution in [0.4, 0.5) is 0 Å². The van der Waals surface area contributed by atoms with Crippen molar-refractivity contribution >= 4 is 16.8 Å². The zero-order chi connectivity index (χ0) is 15.4. The van der Waals surface area contributed by atoms with Gasteiger partial charge in [-0.1, -0.05) is 6.07 Å². The third-order valence-electron chi connectivity index (χ3n) is 3.17. The molecule has 2 rings (SSSR count). The Morgan fingerprint density at radius 2 is 2.00 bits per heavy atom. The zero-order valence-corrected chi connectivity index (χ0v) is 13.2. The quantitative estimate of drug-likeness (QED) is 0.886. The second-order valence-electron chi connectivity index (χ2n) is 5.84. The molecule has 0 saturated carbocycles. The predicted octanol–water partition coefficient (Wildman–Crippen LogP) is 3.34. The highest BCUT2D eigenvalue weighted by molar-refractivity contribution is 5.86. The number of amides is 1. The van der Waals surface area contributed by atoms with Crippen LogP contribution in [0.3, 0.4) is 0 Å². The standard InChI is InChI=1S/C17H24N2O2/c1-12(2)18-17(20)9-11-19-10-8-14-15(19)6-5-7-16(14)21-13(3)4/h5-8,10,12-13H,9,11H2,1-4H3,(H,18,20). The van der Waals surface area contributed by atoms with E-state index >= 15 is 0 Å². The molecule has 1 amide bonds. The molecule has 0 bridgehead atoms.